The molecule has 9 heteroatoms. The van der Waals surface area contributed by atoms with E-state index < -0.39 is 0 Å². The second-order valence-corrected chi connectivity index (χ2v) is 9.44. The second-order valence-electron chi connectivity index (χ2n) is 9.44. The van der Waals surface area contributed by atoms with E-state index >= 15 is 0 Å². The molecule has 2 N–H and O–H groups in total. The van der Waals surface area contributed by atoms with Gasteiger partial charge >= 0.3 is 0 Å². The van der Waals surface area contributed by atoms with Gasteiger partial charge in [-0.15, -0.1) is 24.0 Å². The van der Waals surface area contributed by atoms with Crippen LogP contribution in [0.25, 0.3) is 0 Å². The third kappa shape index (κ3) is 6.93. The molecule has 1 aromatic heterocycles. The Bertz CT molecular complexity index is 742. The molecule has 3 heterocycles. The van der Waals surface area contributed by atoms with E-state index in [1.54, 1.807) is 0 Å². The van der Waals surface area contributed by atoms with Gasteiger partial charge in [0.05, 0.1) is 13.2 Å². The predicted molar refractivity (Wildman–Crippen MR) is 146 cm³/mol. The van der Waals surface area contributed by atoms with Crippen molar-refractivity contribution in [3.63, 3.8) is 0 Å². The molecule has 2 saturated heterocycles. The molecule has 1 saturated carbocycles. The van der Waals surface area contributed by atoms with Gasteiger partial charge < -0.3 is 25.2 Å². The number of hydrogen-bond donors (Lipinski definition) is 2. The maximum atomic E-state index is 5.63. The molecule has 0 bridgehead atoms. The lowest BCUT2D eigenvalue weighted by atomic mass is 9.80. The molecule has 186 valence electrons. The van der Waals surface area contributed by atoms with Crippen molar-refractivity contribution in [1.29, 1.82) is 0 Å². The number of likely N-dealkylation sites (N-methyl/N-ethyl adjacent to an activating group) is 1. The number of nitrogens with zero attached hydrogens (tertiary/aromatic N) is 5. The molecule has 3 aliphatic rings. The summed E-state index contributed by atoms with van der Waals surface area (Å²) in [5, 5.41) is 7.22. The molecular formula is C24H42IN7O. The van der Waals surface area contributed by atoms with Crippen LogP contribution in [0.2, 0.25) is 0 Å². The van der Waals surface area contributed by atoms with Crippen LogP contribution in [0.3, 0.4) is 0 Å². The van der Waals surface area contributed by atoms with Gasteiger partial charge in [0.1, 0.15) is 5.82 Å². The van der Waals surface area contributed by atoms with Gasteiger partial charge in [0.2, 0.25) is 0 Å². The lowest BCUT2D eigenvalue weighted by Crippen LogP contribution is -2.60. The Kier molecular flexibility index (Phi) is 10.5. The van der Waals surface area contributed by atoms with Crippen molar-refractivity contribution in [2.24, 2.45) is 4.99 Å². The number of morpholine rings is 1. The second kappa shape index (κ2) is 13.1. The summed E-state index contributed by atoms with van der Waals surface area (Å²) < 4.78 is 5.63. The Balaban J connectivity index is 0.00000306. The SMILES string of the molecule is CN=C(NCc1cccnc1N1CCN(C)CC1)NCC1(N2CCOCC2)CCCCC1.I. The van der Waals surface area contributed by atoms with Gasteiger partial charge in [-0.2, -0.15) is 0 Å². The molecule has 8 nitrogen and oxygen atoms in total. The molecule has 0 spiro atoms. The van der Waals surface area contributed by atoms with Gasteiger partial charge in [0.25, 0.3) is 0 Å². The highest BCUT2D eigenvalue weighted by Gasteiger charge is 2.38. The zero-order valence-electron chi connectivity index (χ0n) is 20.4. The lowest BCUT2D eigenvalue weighted by Gasteiger charge is -2.48. The minimum atomic E-state index is 0. The topological polar surface area (TPSA) is 68.3 Å². The standard InChI is InChI=1S/C24H41N7O.HI/c1-25-23(28-20-24(8-4-3-5-9-24)31-15-17-32-18-16-31)27-19-21-7-6-10-26-22(21)30-13-11-29(2)12-14-30;/h6-7,10H,3-5,8-9,11-20H2,1-2H3,(H2,25,27,28);1H. The Labute approximate surface area is 216 Å². The molecular weight excluding hydrogens is 529 g/mol. The van der Waals surface area contributed by atoms with Crippen LogP contribution in [0, 0.1) is 0 Å². The fourth-order valence-electron chi connectivity index (χ4n) is 5.37. The maximum absolute atomic E-state index is 5.63. The number of aromatic nitrogens is 1. The number of piperazine rings is 1. The van der Waals surface area contributed by atoms with Crippen molar-refractivity contribution in [3.05, 3.63) is 23.9 Å². The largest absolute Gasteiger partial charge is 0.379 e. The number of anilines is 1. The maximum Gasteiger partial charge on any atom is 0.191 e. The zero-order chi connectivity index (χ0) is 22.2. The van der Waals surface area contributed by atoms with Crippen molar-refractivity contribution >= 4 is 35.8 Å². The zero-order valence-corrected chi connectivity index (χ0v) is 22.7. The lowest BCUT2D eigenvalue weighted by molar-refractivity contribution is -0.0352. The van der Waals surface area contributed by atoms with Crippen LogP contribution in [0.1, 0.15) is 37.7 Å². The molecule has 4 rings (SSSR count). The van der Waals surface area contributed by atoms with Gasteiger partial charge in [-0.3, -0.25) is 9.89 Å². The molecule has 33 heavy (non-hydrogen) atoms. The summed E-state index contributed by atoms with van der Waals surface area (Å²) in [6, 6.07) is 4.21. The van der Waals surface area contributed by atoms with Gasteiger partial charge in [-0.05, 0) is 26.0 Å². The van der Waals surface area contributed by atoms with Crippen LogP contribution in [-0.4, -0.2) is 99.4 Å². The fraction of sp³-hybridized carbons (Fsp3) is 0.750. The van der Waals surface area contributed by atoms with Crippen molar-refractivity contribution in [1.82, 2.24) is 25.4 Å². The minimum Gasteiger partial charge on any atom is -0.379 e. The molecule has 1 aliphatic carbocycles. The van der Waals surface area contributed by atoms with Gasteiger partial charge in [-0.25, -0.2) is 4.98 Å². The van der Waals surface area contributed by atoms with Crippen LogP contribution in [0.15, 0.2) is 23.3 Å². The summed E-state index contributed by atoms with van der Waals surface area (Å²) in [5.74, 6) is 1.97. The van der Waals surface area contributed by atoms with Crippen molar-refractivity contribution < 1.29 is 4.74 Å². The molecule has 0 radical (unpaired) electrons. The van der Waals surface area contributed by atoms with Crippen LogP contribution >= 0.6 is 24.0 Å². The molecule has 0 amide bonds. The number of aliphatic imine (C=N–C) groups is 1. The van der Waals surface area contributed by atoms with Crippen molar-refractivity contribution in [2.45, 2.75) is 44.2 Å². The number of rotatable bonds is 6. The summed E-state index contributed by atoms with van der Waals surface area (Å²) in [6.45, 7) is 9.65. The van der Waals surface area contributed by atoms with Crippen LogP contribution in [0.5, 0.6) is 0 Å². The van der Waals surface area contributed by atoms with E-state index in [0.717, 1.165) is 77.3 Å². The first-order valence-electron chi connectivity index (χ1n) is 12.3. The minimum absolute atomic E-state index is 0. The Morgan fingerprint density at radius 1 is 1.06 bits per heavy atom. The summed E-state index contributed by atoms with van der Waals surface area (Å²) >= 11 is 0. The molecule has 0 atom stereocenters. The first-order valence-corrected chi connectivity index (χ1v) is 12.3. The summed E-state index contributed by atoms with van der Waals surface area (Å²) in [7, 11) is 4.05. The molecule has 2 aliphatic heterocycles. The number of halogens is 1. The normalized spacial score (nSPS) is 22.5. The Morgan fingerprint density at radius 3 is 2.48 bits per heavy atom. The van der Waals surface area contributed by atoms with E-state index in [9.17, 15) is 0 Å². The van der Waals surface area contributed by atoms with Crippen molar-refractivity contribution in [3.8, 4) is 0 Å². The van der Waals surface area contributed by atoms with E-state index in [4.69, 9.17) is 9.72 Å². The third-order valence-electron chi connectivity index (χ3n) is 7.39. The first kappa shape index (κ1) is 26.4. The summed E-state index contributed by atoms with van der Waals surface area (Å²) in [5.41, 5.74) is 1.44. The van der Waals surface area contributed by atoms with E-state index in [-0.39, 0.29) is 29.5 Å². The summed E-state index contributed by atoms with van der Waals surface area (Å²) in [6.07, 6.45) is 8.40. The molecule has 1 aromatic rings. The Morgan fingerprint density at radius 2 is 1.79 bits per heavy atom. The van der Waals surface area contributed by atoms with E-state index in [2.05, 4.69) is 43.4 Å². The van der Waals surface area contributed by atoms with Gasteiger partial charge in [0, 0.05) is 76.7 Å². The van der Waals surface area contributed by atoms with E-state index in [1.807, 2.05) is 19.3 Å². The number of pyridine rings is 1. The average Bonchev–Trinajstić information content (AvgIpc) is 2.86. The number of ether oxygens (including phenoxy) is 1. The highest BCUT2D eigenvalue weighted by atomic mass is 127. The average molecular weight is 572 g/mol. The molecule has 0 aromatic carbocycles. The third-order valence-corrected chi connectivity index (χ3v) is 7.39. The fourth-order valence-corrected chi connectivity index (χ4v) is 5.37. The van der Waals surface area contributed by atoms with Crippen LogP contribution in [0.4, 0.5) is 5.82 Å². The highest BCUT2D eigenvalue weighted by Crippen LogP contribution is 2.33. The van der Waals surface area contributed by atoms with E-state index in [1.165, 1.54) is 37.7 Å². The molecule has 0 unspecified atom stereocenters. The van der Waals surface area contributed by atoms with Gasteiger partial charge in [0.15, 0.2) is 5.96 Å². The first-order chi connectivity index (χ1) is 15.7. The van der Waals surface area contributed by atoms with E-state index in [0.29, 0.717) is 0 Å². The number of guanidine groups is 1. The van der Waals surface area contributed by atoms with Crippen molar-refractivity contribution in [2.75, 3.05) is 78.0 Å². The monoisotopic (exact) mass is 571 g/mol. The molecule has 3 fully saturated rings. The van der Waals surface area contributed by atoms with Crippen LogP contribution in [-0.2, 0) is 11.3 Å². The van der Waals surface area contributed by atoms with Crippen LogP contribution < -0.4 is 15.5 Å². The highest BCUT2D eigenvalue weighted by molar-refractivity contribution is 14.0. The smallest absolute Gasteiger partial charge is 0.191 e. The quantitative estimate of drug-likeness (QED) is 0.308. The summed E-state index contributed by atoms with van der Waals surface area (Å²) in [4.78, 5) is 16.7. The predicted octanol–water partition coefficient (Wildman–Crippen LogP) is 2.15. The number of nitrogens with one attached hydrogen (secondary N) is 2. The Hall–Kier alpha value is -1.17. The number of hydrogen-bond acceptors (Lipinski definition) is 6. The van der Waals surface area contributed by atoms with Gasteiger partial charge in [-0.1, -0.05) is 25.3 Å².